The Balaban J connectivity index is 0.00000673. The molecule has 0 aliphatic heterocycles. The number of hydrogen-bond donors (Lipinski definition) is 2. The highest BCUT2D eigenvalue weighted by Gasteiger charge is 2.31. The quantitative estimate of drug-likeness (QED) is 0.0961. The van der Waals surface area contributed by atoms with Crippen LogP contribution >= 0.6 is 12.4 Å². The number of pyridine rings is 1. The fraction of sp³-hybridized carbons (Fsp3) is 0.289. The van der Waals surface area contributed by atoms with E-state index < -0.39 is 40.1 Å². The second-order valence-electron chi connectivity index (χ2n) is 12.7. The maximum atomic E-state index is 13.8. The van der Waals surface area contributed by atoms with Gasteiger partial charge in [-0.05, 0) is 72.5 Å². The summed E-state index contributed by atoms with van der Waals surface area (Å²) in [6.45, 7) is 6.77. The van der Waals surface area contributed by atoms with Gasteiger partial charge in [-0.25, -0.2) is 27.0 Å². The minimum Gasteiger partial charge on any atom is -0.495 e. The number of esters is 1. The van der Waals surface area contributed by atoms with Crippen molar-refractivity contribution in [1.82, 2.24) is 14.6 Å². The van der Waals surface area contributed by atoms with Crippen LogP contribution < -0.4 is 20.7 Å². The van der Waals surface area contributed by atoms with Crippen molar-refractivity contribution in [3.05, 3.63) is 96.4 Å². The molecule has 17 heteroatoms. The molecular formula is C38H42ClFN6O8S. The van der Waals surface area contributed by atoms with Crippen LogP contribution in [-0.2, 0) is 28.9 Å². The Bertz CT molecular complexity index is 2270. The first kappa shape index (κ1) is 42.2. The molecule has 2 heterocycles. The molecule has 3 N–H and O–H groups in total. The molecule has 14 nitrogen and oxygen atoms in total. The van der Waals surface area contributed by atoms with Crippen LogP contribution in [0.25, 0.3) is 16.8 Å². The molecule has 5 rings (SSSR count). The number of halogens is 2. The van der Waals surface area contributed by atoms with E-state index in [1.807, 2.05) is 19.1 Å². The largest absolute Gasteiger partial charge is 0.495 e. The molecule has 5 aromatic rings. The zero-order valence-corrected chi connectivity index (χ0v) is 32.6. The lowest BCUT2D eigenvalue weighted by molar-refractivity contribution is -0.167. The first-order valence-electron chi connectivity index (χ1n) is 17.0. The van der Waals surface area contributed by atoms with Gasteiger partial charge in [0.1, 0.15) is 17.6 Å². The normalized spacial score (nSPS) is 13.5. The zero-order valence-electron chi connectivity index (χ0n) is 30.9. The maximum absolute atomic E-state index is 13.8. The van der Waals surface area contributed by atoms with E-state index in [-0.39, 0.29) is 52.3 Å². The first-order valence-corrected chi connectivity index (χ1v) is 18.9. The minimum absolute atomic E-state index is 0. The number of anilines is 3. The van der Waals surface area contributed by atoms with Gasteiger partial charge in [0.25, 0.3) is 5.95 Å². The average molecular weight is 797 g/mol. The Kier molecular flexibility index (Phi) is 13.6. The van der Waals surface area contributed by atoms with Gasteiger partial charge in [-0.2, -0.15) is 4.98 Å². The third-order valence-corrected chi connectivity index (χ3v) is 9.96. The predicted molar refractivity (Wildman–Crippen MR) is 207 cm³/mol. The molecular weight excluding hydrogens is 755 g/mol. The number of sulfone groups is 1. The van der Waals surface area contributed by atoms with Crippen molar-refractivity contribution in [3.8, 4) is 16.9 Å². The molecule has 1 unspecified atom stereocenters. The lowest BCUT2D eigenvalue weighted by Crippen LogP contribution is -2.41. The Morgan fingerprint density at radius 1 is 0.945 bits per heavy atom. The molecule has 4 atom stereocenters. The van der Waals surface area contributed by atoms with Crippen molar-refractivity contribution in [2.45, 2.75) is 57.3 Å². The van der Waals surface area contributed by atoms with E-state index in [0.717, 1.165) is 22.3 Å². The Morgan fingerprint density at radius 3 is 2.22 bits per heavy atom. The number of aromatic nitrogens is 3. The third-order valence-electron chi connectivity index (χ3n) is 8.85. The number of benzene rings is 3. The monoisotopic (exact) mass is 796 g/mol. The van der Waals surface area contributed by atoms with Crippen LogP contribution in [0.15, 0.2) is 90.0 Å². The van der Waals surface area contributed by atoms with Crippen molar-refractivity contribution in [2.24, 2.45) is 11.7 Å². The van der Waals surface area contributed by atoms with Crippen molar-refractivity contribution in [2.75, 3.05) is 23.6 Å². The number of fused-ring (bicyclic) bond motifs is 1. The van der Waals surface area contributed by atoms with E-state index in [9.17, 15) is 27.2 Å². The van der Waals surface area contributed by atoms with Gasteiger partial charge in [0.2, 0.25) is 12.2 Å². The maximum Gasteiger partial charge on any atom is 0.424 e. The van der Waals surface area contributed by atoms with Gasteiger partial charge in [0.15, 0.2) is 15.5 Å². The fourth-order valence-electron chi connectivity index (χ4n) is 5.34. The summed E-state index contributed by atoms with van der Waals surface area (Å²) in [5.41, 5.74) is 9.13. The number of nitrogens with two attached hydrogens (primary N) is 1. The summed E-state index contributed by atoms with van der Waals surface area (Å²) in [5, 5.41) is 7.41. The zero-order chi connectivity index (χ0) is 39.3. The van der Waals surface area contributed by atoms with Crippen LogP contribution in [0.5, 0.6) is 5.75 Å². The number of nitrogens with one attached hydrogen (secondary N) is 1. The summed E-state index contributed by atoms with van der Waals surface area (Å²) < 4.78 is 55.7. The third kappa shape index (κ3) is 9.95. The molecule has 3 aromatic carbocycles. The smallest absolute Gasteiger partial charge is 0.424 e. The summed E-state index contributed by atoms with van der Waals surface area (Å²) in [6, 6.07) is 19.3. The number of methoxy groups -OCH3 is 1. The highest BCUT2D eigenvalue weighted by molar-refractivity contribution is 7.90. The van der Waals surface area contributed by atoms with Gasteiger partial charge >= 0.3 is 12.1 Å². The Hall–Kier alpha value is -5.58. The molecule has 2 amide bonds. The molecule has 292 valence electrons. The number of carbonyl (C=O) groups is 3. The summed E-state index contributed by atoms with van der Waals surface area (Å²) >= 11 is 0. The molecule has 0 aliphatic carbocycles. The number of nitrogens with zero attached hydrogens (tertiary/aromatic N) is 4. The van der Waals surface area contributed by atoms with Crippen LogP contribution in [0, 0.1) is 11.7 Å². The highest BCUT2D eigenvalue weighted by Crippen LogP contribution is 2.36. The molecule has 0 bridgehead atoms. The lowest BCUT2D eigenvalue weighted by Gasteiger charge is -2.24. The van der Waals surface area contributed by atoms with Crippen LogP contribution in [0.3, 0.4) is 0 Å². The number of ether oxygens (including phenoxy) is 3. The second kappa shape index (κ2) is 17.7. The summed E-state index contributed by atoms with van der Waals surface area (Å²) in [5.74, 6) is -2.23. The van der Waals surface area contributed by atoms with E-state index in [1.165, 1.54) is 48.9 Å². The van der Waals surface area contributed by atoms with Crippen molar-refractivity contribution >= 4 is 63.2 Å². The number of carbonyl (C=O) groups excluding carboxylic acids is 3. The molecule has 0 spiro atoms. The predicted octanol–water partition coefficient (Wildman–Crippen LogP) is 6.65. The van der Waals surface area contributed by atoms with Gasteiger partial charge < -0.3 is 25.3 Å². The summed E-state index contributed by atoms with van der Waals surface area (Å²) in [4.78, 5) is 44.7. The minimum atomic E-state index is -3.64. The van der Waals surface area contributed by atoms with E-state index in [2.05, 4.69) is 15.4 Å². The first-order chi connectivity index (χ1) is 25.6. The lowest BCUT2D eigenvalue weighted by atomic mass is 10.00. The SMILES string of the molecule is CC[C@H](C)[C@H](N)C(=O)OC(C)OC(=O)N(c1nc2ccc(-c3ccc(NC(=O)[C@H](C)c4ccc(F)cc4)cc3)cn2n1)c1ccc(S(C)(=O)=O)cc1OC.Cl. The van der Waals surface area contributed by atoms with Gasteiger partial charge in [0.05, 0.1) is 23.6 Å². The molecule has 0 saturated heterocycles. The Labute approximate surface area is 324 Å². The summed E-state index contributed by atoms with van der Waals surface area (Å²) in [7, 11) is -2.33. The van der Waals surface area contributed by atoms with Crippen molar-refractivity contribution < 1.29 is 41.4 Å². The summed E-state index contributed by atoms with van der Waals surface area (Å²) in [6.07, 6.45) is 0.928. The van der Waals surface area contributed by atoms with Gasteiger partial charge in [0, 0.05) is 36.7 Å². The molecule has 55 heavy (non-hydrogen) atoms. The van der Waals surface area contributed by atoms with Crippen molar-refractivity contribution in [1.29, 1.82) is 0 Å². The molecule has 0 saturated carbocycles. The van der Waals surface area contributed by atoms with E-state index in [1.54, 1.807) is 56.4 Å². The number of amides is 2. The van der Waals surface area contributed by atoms with E-state index >= 15 is 0 Å². The number of rotatable bonds is 13. The van der Waals surface area contributed by atoms with Crippen LogP contribution in [0.2, 0.25) is 0 Å². The Morgan fingerprint density at radius 2 is 1.60 bits per heavy atom. The van der Waals surface area contributed by atoms with Gasteiger partial charge in [-0.1, -0.05) is 44.5 Å². The van der Waals surface area contributed by atoms with Crippen LogP contribution in [0.4, 0.5) is 26.5 Å². The van der Waals surface area contributed by atoms with E-state index in [4.69, 9.17) is 19.9 Å². The van der Waals surface area contributed by atoms with E-state index in [0.29, 0.717) is 23.3 Å². The highest BCUT2D eigenvalue weighted by atomic mass is 35.5. The molecule has 0 fully saturated rings. The standard InChI is InChI=1S/C38H41FN6O8S.ClH/c1-7-22(2)34(40)36(47)52-24(4)53-38(48)45(31-18-17-30(54(6,49)50)20-32(31)51-5)37-42-33-19-12-27(21-44(33)43-37)26-10-15-29(16-11-26)41-35(46)23(3)25-8-13-28(39)14-9-25;/h8-24,34H,7,40H2,1-6H3,(H,41,46);1H/t22-,23+,24?,34-;/m0./s1. The van der Waals surface area contributed by atoms with Gasteiger partial charge in [-0.3, -0.25) is 9.59 Å². The van der Waals surface area contributed by atoms with Gasteiger partial charge in [-0.15, -0.1) is 17.5 Å². The number of hydrogen-bond acceptors (Lipinski definition) is 11. The molecule has 0 radical (unpaired) electrons. The van der Waals surface area contributed by atoms with Crippen molar-refractivity contribution in [3.63, 3.8) is 0 Å². The van der Waals surface area contributed by atoms with Crippen LogP contribution in [0.1, 0.15) is 45.6 Å². The average Bonchev–Trinajstić information content (AvgIpc) is 3.56. The second-order valence-corrected chi connectivity index (χ2v) is 14.7. The molecule has 2 aromatic heterocycles. The molecule has 0 aliphatic rings. The fourth-order valence-corrected chi connectivity index (χ4v) is 5.98. The van der Waals surface area contributed by atoms with Crippen LogP contribution in [-0.4, -0.2) is 66.7 Å². The topological polar surface area (TPSA) is 185 Å².